The molecule has 0 atom stereocenters. The third-order valence-corrected chi connectivity index (χ3v) is 3.73. The van der Waals surface area contributed by atoms with Crippen molar-refractivity contribution in [3.8, 4) is 11.8 Å². The standard InChI is InChI=1S/C19H17BrN2O2/c1-2-24-18-9-8-17(20)11-15(18)10-16(12-21)19(23)22-13-14-6-4-3-5-7-14/h3-11H,2,13H2,1H3,(H,22,23)/b16-10+. The van der Waals surface area contributed by atoms with Crippen LogP contribution in [0.15, 0.2) is 58.6 Å². The molecule has 0 radical (unpaired) electrons. The summed E-state index contributed by atoms with van der Waals surface area (Å²) in [6.45, 7) is 2.76. The molecule has 2 aromatic rings. The number of carbonyl (C=O) groups excluding carboxylic acids is 1. The third kappa shape index (κ3) is 4.97. The van der Waals surface area contributed by atoms with Gasteiger partial charge >= 0.3 is 0 Å². The predicted octanol–water partition coefficient (Wildman–Crippen LogP) is 4.07. The highest BCUT2D eigenvalue weighted by molar-refractivity contribution is 9.10. The van der Waals surface area contributed by atoms with Crippen LogP contribution in [0.25, 0.3) is 6.08 Å². The zero-order chi connectivity index (χ0) is 17.4. The van der Waals surface area contributed by atoms with Crippen molar-refractivity contribution < 1.29 is 9.53 Å². The fourth-order valence-electron chi connectivity index (χ4n) is 2.10. The molecule has 0 unspecified atom stereocenters. The molecule has 2 aromatic carbocycles. The second-order valence-electron chi connectivity index (χ2n) is 4.95. The van der Waals surface area contributed by atoms with E-state index in [1.807, 2.05) is 55.5 Å². The van der Waals surface area contributed by atoms with Crippen molar-refractivity contribution in [2.45, 2.75) is 13.5 Å². The Morgan fingerprint density at radius 3 is 2.71 bits per heavy atom. The maximum atomic E-state index is 12.3. The first-order valence-corrected chi connectivity index (χ1v) is 8.29. The van der Waals surface area contributed by atoms with E-state index in [1.54, 1.807) is 6.07 Å². The van der Waals surface area contributed by atoms with E-state index in [1.165, 1.54) is 6.08 Å². The van der Waals surface area contributed by atoms with E-state index >= 15 is 0 Å². The molecule has 0 aromatic heterocycles. The Kier molecular flexibility index (Phi) is 6.59. The van der Waals surface area contributed by atoms with Crippen molar-refractivity contribution in [3.05, 3.63) is 69.7 Å². The molecule has 0 spiro atoms. The van der Waals surface area contributed by atoms with Gasteiger partial charge in [-0.05, 0) is 36.8 Å². The molecule has 24 heavy (non-hydrogen) atoms. The first-order chi connectivity index (χ1) is 11.6. The van der Waals surface area contributed by atoms with Gasteiger partial charge in [0, 0.05) is 16.6 Å². The molecule has 1 amide bonds. The van der Waals surface area contributed by atoms with Gasteiger partial charge in [-0.2, -0.15) is 5.26 Å². The van der Waals surface area contributed by atoms with Crippen LogP contribution in [-0.4, -0.2) is 12.5 Å². The summed E-state index contributed by atoms with van der Waals surface area (Å²) in [4.78, 5) is 12.3. The Bertz CT molecular complexity index is 780. The average molecular weight is 385 g/mol. The lowest BCUT2D eigenvalue weighted by Crippen LogP contribution is -2.23. The Morgan fingerprint density at radius 2 is 2.04 bits per heavy atom. The summed E-state index contributed by atoms with van der Waals surface area (Å²) in [5.74, 6) is 0.216. The molecule has 0 aliphatic rings. The number of nitrogens with one attached hydrogen (secondary N) is 1. The van der Waals surface area contributed by atoms with Crippen LogP contribution in [0.3, 0.4) is 0 Å². The van der Waals surface area contributed by atoms with E-state index in [0.717, 1.165) is 10.0 Å². The molecule has 0 aliphatic heterocycles. The van der Waals surface area contributed by atoms with Crippen LogP contribution in [0.5, 0.6) is 5.75 Å². The molecule has 122 valence electrons. The Labute approximate surface area is 149 Å². The van der Waals surface area contributed by atoms with Crippen LogP contribution < -0.4 is 10.1 Å². The fraction of sp³-hybridized carbons (Fsp3) is 0.158. The van der Waals surface area contributed by atoms with Gasteiger partial charge in [-0.25, -0.2) is 0 Å². The van der Waals surface area contributed by atoms with E-state index in [2.05, 4.69) is 21.2 Å². The number of carbonyl (C=O) groups is 1. The molecule has 5 heteroatoms. The van der Waals surface area contributed by atoms with Crippen LogP contribution in [0, 0.1) is 11.3 Å². The molecular formula is C19H17BrN2O2. The topological polar surface area (TPSA) is 62.1 Å². The summed E-state index contributed by atoms with van der Waals surface area (Å²) < 4.78 is 6.39. The minimum atomic E-state index is -0.413. The van der Waals surface area contributed by atoms with Gasteiger partial charge in [0.2, 0.25) is 0 Å². The lowest BCUT2D eigenvalue weighted by atomic mass is 10.1. The number of hydrogen-bond donors (Lipinski definition) is 1. The second kappa shape index (κ2) is 8.90. The zero-order valence-corrected chi connectivity index (χ0v) is 14.8. The van der Waals surface area contributed by atoms with Gasteiger partial charge < -0.3 is 10.1 Å². The molecule has 2 rings (SSSR count). The largest absolute Gasteiger partial charge is 0.493 e. The van der Waals surface area contributed by atoms with Gasteiger partial charge in [0.05, 0.1) is 6.61 Å². The zero-order valence-electron chi connectivity index (χ0n) is 13.3. The second-order valence-corrected chi connectivity index (χ2v) is 5.87. The third-order valence-electron chi connectivity index (χ3n) is 3.23. The SMILES string of the molecule is CCOc1ccc(Br)cc1/C=C(\C#N)C(=O)NCc1ccccc1. The van der Waals surface area contributed by atoms with E-state index < -0.39 is 5.91 Å². The number of nitriles is 1. The average Bonchev–Trinajstić information content (AvgIpc) is 2.60. The summed E-state index contributed by atoms with van der Waals surface area (Å²) in [6.07, 6.45) is 1.54. The minimum Gasteiger partial charge on any atom is -0.493 e. The number of nitrogens with zero attached hydrogens (tertiary/aromatic N) is 1. The summed E-state index contributed by atoms with van der Waals surface area (Å²) in [5.41, 5.74) is 1.68. The van der Waals surface area contributed by atoms with Gasteiger partial charge in [-0.3, -0.25) is 4.79 Å². The summed E-state index contributed by atoms with van der Waals surface area (Å²) in [7, 11) is 0. The maximum Gasteiger partial charge on any atom is 0.262 e. The number of benzene rings is 2. The number of ether oxygens (including phenoxy) is 1. The van der Waals surface area contributed by atoms with E-state index in [9.17, 15) is 10.1 Å². The summed E-state index contributed by atoms with van der Waals surface area (Å²) in [5, 5.41) is 12.1. The maximum absolute atomic E-state index is 12.3. The van der Waals surface area contributed by atoms with Crippen LogP contribution in [0.1, 0.15) is 18.1 Å². The Balaban J connectivity index is 2.18. The highest BCUT2D eigenvalue weighted by Gasteiger charge is 2.11. The van der Waals surface area contributed by atoms with Gasteiger partial charge in [0.1, 0.15) is 17.4 Å². The predicted molar refractivity (Wildman–Crippen MR) is 97.2 cm³/mol. The minimum absolute atomic E-state index is 0.0324. The smallest absolute Gasteiger partial charge is 0.262 e. The molecule has 4 nitrogen and oxygen atoms in total. The van der Waals surface area contributed by atoms with Crippen molar-refractivity contribution in [2.24, 2.45) is 0 Å². The quantitative estimate of drug-likeness (QED) is 0.602. The summed E-state index contributed by atoms with van der Waals surface area (Å²) in [6, 6.07) is 17.0. The van der Waals surface area contributed by atoms with Gasteiger partial charge in [-0.15, -0.1) is 0 Å². The van der Waals surface area contributed by atoms with Crippen molar-refractivity contribution in [2.75, 3.05) is 6.61 Å². The van der Waals surface area contributed by atoms with E-state index in [4.69, 9.17) is 4.74 Å². The summed E-state index contributed by atoms with van der Waals surface area (Å²) >= 11 is 3.39. The van der Waals surface area contributed by atoms with Crippen molar-refractivity contribution in [1.82, 2.24) is 5.32 Å². The van der Waals surface area contributed by atoms with E-state index in [-0.39, 0.29) is 5.57 Å². The molecular weight excluding hydrogens is 368 g/mol. The van der Waals surface area contributed by atoms with Gasteiger partial charge in [0.15, 0.2) is 0 Å². The monoisotopic (exact) mass is 384 g/mol. The van der Waals surface area contributed by atoms with Crippen LogP contribution in [0.4, 0.5) is 0 Å². The Morgan fingerprint density at radius 1 is 1.29 bits per heavy atom. The van der Waals surface area contributed by atoms with Gasteiger partial charge in [0.25, 0.3) is 5.91 Å². The molecule has 0 saturated carbocycles. The van der Waals surface area contributed by atoms with Crippen LogP contribution in [0.2, 0.25) is 0 Å². The van der Waals surface area contributed by atoms with Crippen molar-refractivity contribution >= 4 is 27.9 Å². The molecule has 0 fully saturated rings. The first-order valence-electron chi connectivity index (χ1n) is 7.50. The lowest BCUT2D eigenvalue weighted by molar-refractivity contribution is -0.117. The van der Waals surface area contributed by atoms with Crippen LogP contribution in [-0.2, 0) is 11.3 Å². The van der Waals surface area contributed by atoms with E-state index in [0.29, 0.717) is 24.5 Å². The number of halogens is 1. The number of hydrogen-bond acceptors (Lipinski definition) is 3. The van der Waals surface area contributed by atoms with Crippen molar-refractivity contribution in [1.29, 1.82) is 5.26 Å². The molecule has 0 heterocycles. The van der Waals surface area contributed by atoms with Crippen LogP contribution >= 0.6 is 15.9 Å². The first kappa shape index (κ1) is 17.8. The van der Waals surface area contributed by atoms with Gasteiger partial charge in [-0.1, -0.05) is 46.3 Å². The van der Waals surface area contributed by atoms with Crippen molar-refractivity contribution in [3.63, 3.8) is 0 Å². The normalized spacial score (nSPS) is 10.8. The highest BCUT2D eigenvalue weighted by atomic mass is 79.9. The molecule has 1 N–H and O–H groups in total. The Hall–Kier alpha value is -2.58. The fourth-order valence-corrected chi connectivity index (χ4v) is 2.48. The highest BCUT2D eigenvalue weighted by Crippen LogP contribution is 2.25. The lowest BCUT2D eigenvalue weighted by Gasteiger charge is -2.09. The molecule has 0 saturated heterocycles. The number of rotatable bonds is 6. The molecule has 0 bridgehead atoms. The number of amides is 1. The molecule has 0 aliphatic carbocycles.